The average Bonchev–Trinajstić information content (AvgIpc) is 3.24. The van der Waals surface area contributed by atoms with E-state index in [1.54, 1.807) is 0 Å². The minimum atomic E-state index is 0.608. The van der Waals surface area contributed by atoms with Crippen LogP contribution in [0.2, 0.25) is 0 Å². The van der Waals surface area contributed by atoms with Crippen molar-refractivity contribution in [2.45, 2.75) is 20.3 Å². The van der Waals surface area contributed by atoms with Crippen LogP contribution in [0.15, 0.2) is 70.7 Å². The van der Waals surface area contributed by atoms with Crippen LogP contribution in [-0.2, 0) is 0 Å². The van der Waals surface area contributed by atoms with Gasteiger partial charge in [-0.1, -0.05) is 25.2 Å². The maximum Gasteiger partial charge on any atom is 0.136 e. The van der Waals surface area contributed by atoms with E-state index in [0.29, 0.717) is 11.3 Å². The Balaban J connectivity index is 1.84. The molecule has 0 atom stereocenters. The molecule has 1 aliphatic heterocycles. The molecular weight excluding hydrogens is 358 g/mol. The number of hydrogen-bond acceptors (Lipinski definition) is 4. The molecule has 29 heavy (non-hydrogen) atoms. The second-order valence-electron chi connectivity index (χ2n) is 7.25. The Labute approximate surface area is 174 Å². The van der Waals surface area contributed by atoms with Gasteiger partial charge >= 0.3 is 0 Å². The molecule has 2 aromatic rings. The topological polar surface area (TPSA) is 43.4 Å². The van der Waals surface area contributed by atoms with Gasteiger partial charge in [-0.25, -0.2) is 0 Å². The van der Waals surface area contributed by atoms with Gasteiger partial charge in [0.05, 0.1) is 11.6 Å². The van der Waals surface area contributed by atoms with Gasteiger partial charge in [-0.05, 0) is 62.9 Å². The zero-order valence-electron chi connectivity index (χ0n) is 17.6. The fourth-order valence-corrected chi connectivity index (χ4v) is 3.43. The standard InChI is InChI=1S/C25H29N3O/c1-4-6-8-21(19-26)23(7-5-2)25-14-13-24(29-25)20-9-11-22(12-10-20)28-17-15-27(3)16-18-28/h5-14H,4,15-18H2,1-3H3/b7-5-,8-6+,23-21-. The van der Waals surface area contributed by atoms with Crippen molar-refractivity contribution in [3.63, 3.8) is 0 Å². The van der Waals surface area contributed by atoms with E-state index in [2.05, 4.69) is 54.1 Å². The predicted octanol–water partition coefficient (Wildman–Crippen LogP) is 5.52. The molecule has 3 rings (SSSR count). The fraction of sp³-hybridized carbons (Fsp3) is 0.320. The van der Waals surface area contributed by atoms with Crippen LogP contribution in [0, 0.1) is 11.3 Å². The summed E-state index contributed by atoms with van der Waals surface area (Å²) in [5.41, 5.74) is 3.70. The number of benzene rings is 1. The Bertz CT molecular complexity index is 933. The molecule has 0 amide bonds. The van der Waals surface area contributed by atoms with E-state index in [1.165, 1.54) is 5.69 Å². The van der Waals surface area contributed by atoms with E-state index in [4.69, 9.17) is 4.42 Å². The highest BCUT2D eigenvalue weighted by molar-refractivity contribution is 5.79. The third-order valence-electron chi connectivity index (χ3n) is 5.16. The molecule has 0 aliphatic carbocycles. The highest BCUT2D eigenvalue weighted by Crippen LogP contribution is 2.30. The Morgan fingerprint density at radius 2 is 1.79 bits per heavy atom. The predicted molar refractivity (Wildman–Crippen MR) is 121 cm³/mol. The third-order valence-corrected chi connectivity index (χ3v) is 5.16. The number of anilines is 1. The summed E-state index contributed by atoms with van der Waals surface area (Å²) in [6.45, 7) is 8.30. The molecule has 1 aromatic heterocycles. The molecule has 0 bridgehead atoms. The number of allylic oxidation sites excluding steroid dienone is 6. The van der Waals surface area contributed by atoms with E-state index < -0.39 is 0 Å². The first-order valence-corrected chi connectivity index (χ1v) is 10.2. The number of likely N-dealkylation sites (N-methyl/N-ethyl adjacent to an activating group) is 1. The van der Waals surface area contributed by atoms with Gasteiger partial charge in [-0.3, -0.25) is 0 Å². The second-order valence-corrected chi connectivity index (χ2v) is 7.25. The normalized spacial score (nSPS) is 16.4. The summed E-state index contributed by atoms with van der Waals surface area (Å²) in [4.78, 5) is 4.78. The Morgan fingerprint density at radius 3 is 2.41 bits per heavy atom. The molecule has 0 saturated carbocycles. The van der Waals surface area contributed by atoms with Crippen LogP contribution in [0.3, 0.4) is 0 Å². The molecular formula is C25H29N3O. The van der Waals surface area contributed by atoms with Crippen LogP contribution < -0.4 is 4.90 Å². The summed E-state index contributed by atoms with van der Waals surface area (Å²) in [6.07, 6.45) is 8.60. The lowest BCUT2D eigenvalue weighted by atomic mass is 10.1. The lowest BCUT2D eigenvalue weighted by Crippen LogP contribution is -2.44. The zero-order valence-corrected chi connectivity index (χ0v) is 17.6. The molecule has 1 aliphatic rings. The maximum atomic E-state index is 9.56. The van der Waals surface area contributed by atoms with Gasteiger partial charge in [-0.2, -0.15) is 5.26 Å². The maximum absolute atomic E-state index is 9.56. The summed E-state index contributed by atoms with van der Waals surface area (Å²) >= 11 is 0. The van der Waals surface area contributed by atoms with Crippen LogP contribution in [0.4, 0.5) is 5.69 Å². The Hall–Kier alpha value is -3.03. The molecule has 0 N–H and O–H groups in total. The number of nitrogens with zero attached hydrogens (tertiary/aromatic N) is 3. The average molecular weight is 388 g/mol. The first kappa shape index (κ1) is 20.7. The largest absolute Gasteiger partial charge is 0.456 e. The molecule has 0 radical (unpaired) electrons. The number of rotatable bonds is 6. The molecule has 4 nitrogen and oxygen atoms in total. The summed E-state index contributed by atoms with van der Waals surface area (Å²) in [6, 6.07) is 14.7. The first-order chi connectivity index (χ1) is 14.2. The molecule has 4 heteroatoms. The number of furan rings is 1. The van der Waals surface area contributed by atoms with Crippen LogP contribution in [0.5, 0.6) is 0 Å². The van der Waals surface area contributed by atoms with Gasteiger partial charge < -0.3 is 14.2 Å². The summed E-state index contributed by atoms with van der Waals surface area (Å²) < 4.78 is 6.13. The summed E-state index contributed by atoms with van der Waals surface area (Å²) in [5.74, 6) is 1.52. The fourth-order valence-electron chi connectivity index (χ4n) is 3.43. The zero-order chi connectivity index (χ0) is 20.6. The number of piperazine rings is 1. The molecule has 1 aromatic carbocycles. The second kappa shape index (κ2) is 9.95. The minimum absolute atomic E-state index is 0.608. The van der Waals surface area contributed by atoms with E-state index in [0.717, 1.165) is 49.5 Å². The summed E-state index contributed by atoms with van der Waals surface area (Å²) in [5, 5.41) is 9.56. The monoisotopic (exact) mass is 387 g/mol. The van der Waals surface area contributed by atoms with Crippen molar-refractivity contribution in [2.24, 2.45) is 0 Å². The highest BCUT2D eigenvalue weighted by Gasteiger charge is 2.15. The van der Waals surface area contributed by atoms with Crippen molar-refractivity contribution in [2.75, 3.05) is 38.1 Å². The van der Waals surface area contributed by atoms with Gasteiger partial charge in [0.15, 0.2) is 0 Å². The quantitative estimate of drug-likeness (QED) is 0.484. The lowest BCUT2D eigenvalue weighted by Gasteiger charge is -2.34. The molecule has 1 fully saturated rings. The van der Waals surface area contributed by atoms with Crippen LogP contribution >= 0.6 is 0 Å². The van der Waals surface area contributed by atoms with Crippen molar-refractivity contribution in [1.29, 1.82) is 5.26 Å². The smallest absolute Gasteiger partial charge is 0.136 e. The van der Waals surface area contributed by atoms with E-state index >= 15 is 0 Å². The van der Waals surface area contributed by atoms with Gasteiger partial charge in [-0.15, -0.1) is 0 Å². The first-order valence-electron chi connectivity index (χ1n) is 10.2. The van der Waals surface area contributed by atoms with Crippen molar-refractivity contribution in [3.8, 4) is 17.4 Å². The highest BCUT2D eigenvalue weighted by atomic mass is 16.3. The molecule has 0 unspecified atom stereocenters. The van der Waals surface area contributed by atoms with Crippen molar-refractivity contribution in [1.82, 2.24) is 4.90 Å². The molecule has 1 saturated heterocycles. The molecule has 0 spiro atoms. The number of nitriles is 1. The van der Waals surface area contributed by atoms with E-state index in [1.807, 2.05) is 43.4 Å². The van der Waals surface area contributed by atoms with Gasteiger partial charge in [0.1, 0.15) is 11.5 Å². The SMILES string of the molecule is C\C=C/C(=C(C#N)\C=C\CC)c1ccc(-c2ccc(N3CCN(C)CC3)cc2)o1. The van der Waals surface area contributed by atoms with Gasteiger partial charge in [0.25, 0.3) is 0 Å². The van der Waals surface area contributed by atoms with Crippen molar-refractivity contribution in [3.05, 3.63) is 72.0 Å². The Kier molecular flexibility index (Phi) is 7.10. The van der Waals surface area contributed by atoms with Crippen molar-refractivity contribution < 1.29 is 4.42 Å². The van der Waals surface area contributed by atoms with Crippen molar-refractivity contribution >= 4 is 11.3 Å². The molecule has 150 valence electrons. The van der Waals surface area contributed by atoms with E-state index in [9.17, 15) is 5.26 Å². The van der Waals surface area contributed by atoms with Crippen LogP contribution in [0.1, 0.15) is 26.0 Å². The minimum Gasteiger partial charge on any atom is -0.456 e. The third kappa shape index (κ3) is 5.07. The number of hydrogen-bond donors (Lipinski definition) is 0. The lowest BCUT2D eigenvalue weighted by molar-refractivity contribution is 0.313. The molecule has 2 heterocycles. The van der Waals surface area contributed by atoms with Gasteiger partial charge in [0, 0.05) is 43.0 Å². The van der Waals surface area contributed by atoms with E-state index in [-0.39, 0.29) is 0 Å². The van der Waals surface area contributed by atoms with Crippen LogP contribution in [-0.4, -0.2) is 38.1 Å². The van der Waals surface area contributed by atoms with Crippen LogP contribution in [0.25, 0.3) is 16.9 Å². The summed E-state index contributed by atoms with van der Waals surface area (Å²) in [7, 11) is 2.17. The Morgan fingerprint density at radius 1 is 1.07 bits per heavy atom. The van der Waals surface area contributed by atoms with Gasteiger partial charge in [0.2, 0.25) is 0 Å².